The fourth-order valence-electron chi connectivity index (χ4n) is 3.88. The highest BCUT2D eigenvalue weighted by Gasteiger charge is 2.14. The molecule has 1 saturated heterocycles. The largest absolute Gasteiger partial charge is 0.334 e. The minimum absolute atomic E-state index is 0.0183. The van der Waals surface area contributed by atoms with Crippen LogP contribution < -0.4 is 5.32 Å². The summed E-state index contributed by atoms with van der Waals surface area (Å²) in [6, 6.07) is 16.5. The van der Waals surface area contributed by atoms with Gasteiger partial charge in [0.1, 0.15) is 0 Å². The van der Waals surface area contributed by atoms with Crippen molar-refractivity contribution < 1.29 is 4.79 Å². The molecular weight excluding hydrogens is 362 g/mol. The molecule has 152 valence electrons. The lowest BCUT2D eigenvalue weighted by molar-refractivity contribution is 0.200. The van der Waals surface area contributed by atoms with Crippen LogP contribution in [0, 0.1) is 0 Å². The number of likely N-dealkylation sites (tertiary alicyclic amines) is 1. The molecule has 6 nitrogen and oxygen atoms in total. The summed E-state index contributed by atoms with van der Waals surface area (Å²) in [7, 11) is 1.87. The van der Waals surface area contributed by atoms with E-state index in [1.807, 2.05) is 37.6 Å². The molecule has 1 aliphatic rings. The van der Waals surface area contributed by atoms with Crippen molar-refractivity contribution in [3.63, 3.8) is 0 Å². The zero-order valence-electron chi connectivity index (χ0n) is 17.1. The normalized spacial score (nSPS) is 14.4. The number of nitrogens with zero attached hydrogens (tertiary/aromatic N) is 4. The first-order valence-corrected chi connectivity index (χ1v) is 10.4. The molecule has 2 aromatic carbocycles. The van der Waals surface area contributed by atoms with Gasteiger partial charge >= 0.3 is 6.03 Å². The summed E-state index contributed by atoms with van der Waals surface area (Å²) in [5, 5.41) is 3.04. The number of hydrogen-bond donors (Lipinski definition) is 1. The Morgan fingerprint density at radius 2 is 1.90 bits per heavy atom. The van der Waals surface area contributed by atoms with Crippen LogP contribution in [0.3, 0.4) is 0 Å². The van der Waals surface area contributed by atoms with E-state index in [1.54, 1.807) is 4.90 Å². The van der Waals surface area contributed by atoms with Crippen molar-refractivity contribution in [1.82, 2.24) is 24.7 Å². The Hall–Kier alpha value is -2.86. The summed E-state index contributed by atoms with van der Waals surface area (Å²) in [6.45, 7) is 5.34. The number of amides is 2. The second-order valence-corrected chi connectivity index (χ2v) is 7.81. The van der Waals surface area contributed by atoms with Gasteiger partial charge in [-0.05, 0) is 49.2 Å². The molecule has 1 aromatic heterocycles. The number of aromatic nitrogens is 2. The molecule has 0 radical (unpaired) electrons. The predicted octanol–water partition coefficient (Wildman–Crippen LogP) is 3.32. The number of fused-ring (bicyclic) bond motifs is 1. The van der Waals surface area contributed by atoms with E-state index >= 15 is 0 Å². The molecule has 0 spiro atoms. The van der Waals surface area contributed by atoms with Crippen LogP contribution in [0.5, 0.6) is 0 Å². The topological polar surface area (TPSA) is 53.4 Å². The number of nitrogens with one attached hydrogen (secondary N) is 1. The van der Waals surface area contributed by atoms with Gasteiger partial charge in [-0.2, -0.15) is 0 Å². The molecule has 0 saturated carbocycles. The van der Waals surface area contributed by atoms with Crippen LogP contribution in [0.4, 0.5) is 4.79 Å². The summed E-state index contributed by atoms with van der Waals surface area (Å²) in [5.74, 6) is 0. The first-order chi connectivity index (χ1) is 14.2. The van der Waals surface area contributed by atoms with Crippen LogP contribution in [-0.4, -0.2) is 58.6 Å². The number of imidazole rings is 1. The number of carbonyl (C=O) groups is 1. The van der Waals surface area contributed by atoms with Crippen LogP contribution in [0.25, 0.3) is 11.0 Å². The lowest BCUT2D eigenvalue weighted by Gasteiger charge is -2.22. The van der Waals surface area contributed by atoms with E-state index in [4.69, 9.17) is 0 Å². The number of hydrogen-bond acceptors (Lipinski definition) is 3. The Labute approximate surface area is 172 Å². The average molecular weight is 392 g/mol. The summed E-state index contributed by atoms with van der Waals surface area (Å²) in [4.78, 5) is 21.1. The van der Waals surface area contributed by atoms with Crippen LogP contribution >= 0.6 is 0 Å². The van der Waals surface area contributed by atoms with Gasteiger partial charge in [-0.25, -0.2) is 9.78 Å². The lowest BCUT2D eigenvalue weighted by atomic mass is 10.1. The highest BCUT2D eigenvalue weighted by atomic mass is 16.2. The molecular formula is C23H29N5O. The van der Waals surface area contributed by atoms with Gasteiger partial charge in [0.2, 0.25) is 0 Å². The average Bonchev–Trinajstić information content (AvgIpc) is 3.41. The van der Waals surface area contributed by atoms with Crippen molar-refractivity contribution in [3.05, 3.63) is 66.0 Å². The molecule has 6 heteroatoms. The Bertz CT molecular complexity index is 961. The van der Waals surface area contributed by atoms with Gasteiger partial charge in [0.05, 0.1) is 17.4 Å². The van der Waals surface area contributed by atoms with E-state index in [-0.39, 0.29) is 6.03 Å². The van der Waals surface area contributed by atoms with Gasteiger partial charge in [-0.15, -0.1) is 0 Å². The minimum Gasteiger partial charge on any atom is -0.334 e. The van der Waals surface area contributed by atoms with Gasteiger partial charge in [0.25, 0.3) is 0 Å². The van der Waals surface area contributed by atoms with E-state index in [2.05, 4.69) is 44.0 Å². The third-order valence-corrected chi connectivity index (χ3v) is 5.61. The monoisotopic (exact) mass is 391 g/mol. The Morgan fingerprint density at radius 1 is 1.10 bits per heavy atom. The van der Waals surface area contributed by atoms with Crippen molar-refractivity contribution in [2.24, 2.45) is 0 Å². The zero-order chi connectivity index (χ0) is 20.1. The van der Waals surface area contributed by atoms with Crippen LogP contribution in [0.15, 0.2) is 54.9 Å². The summed E-state index contributed by atoms with van der Waals surface area (Å²) in [6.07, 6.45) is 4.44. The zero-order valence-corrected chi connectivity index (χ0v) is 17.1. The summed E-state index contributed by atoms with van der Waals surface area (Å²) >= 11 is 0. The van der Waals surface area contributed by atoms with Crippen molar-refractivity contribution >= 4 is 17.1 Å². The molecule has 0 atom stereocenters. The maximum atomic E-state index is 12.4. The highest BCUT2D eigenvalue weighted by molar-refractivity contribution is 5.75. The molecule has 29 heavy (non-hydrogen) atoms. The van der Waals surface area contributed by atoms with Crippen LogP contribution in [0.1, 0.15) is 24.0 Å². The molecule has 4 rings (SSSR count). The Morgan fingerprint density at radius 3 is 2.76 bits per heavy atom. The molecule has 1 N–H and O–H groups in total. The summed E-state index contributed by atoms with van der Waals surface area (Å²) < 4.78 is 2.15. The molecule has 1 aliphatic heterocycles. The fraction of sp³-hybridized carbons (Fsp3) is 0.391. The van der Waals surface area contributed by atoms with E-state index in [9.17, 15) is 4.79 Å². The number of carbonyl (C=O) groups excluding carboxylic acids is 1. The van der Waals surface area contributed by atoms with Gasteiger partial charge in [0.15, 0.2) is 0 Å². The van der Waals surface area contributed by atoms with Crippen molar-refractivity contribution in [3.8, 4) is 0 Å². The van der Waals surface area contributed by atoms with E-state index < -0.39 is 0 Å². The second-order valence-electron chi connectivity index (χ2n) is 7.81. The smallest absolute Gasteiger partial charge is 0.317 e. The van der Waals surface area contributed by atoms with Crippen LogP contribution in [-0.2, 0) is 13.1 Å². The minimum atomic E-state index is -0.0183. The SMILES string of the molecule is CN(CCN1CCCC1)C(=O)NCc1cccc(Cn2cnc3ccccc32)c1. The van der Waals surface area contributed by atoms with E-state index in [1.165, 1.54) is 18.4 Å². The molecule has 0 bridgehead atoms. The number of rotatable bonds is 7. The second kappa shape index (κ2) is 9.09. The fourth-order valence-corrected chi connectivity index (χ4v) is 3.88. The Kier molecular flexibility index (Phi) is 6.10. The number of urea groups is 1. The number of para-hydroxylation sites is 2. The maximum Gasteiger partial charge on any atom is 0.317 e. The quantitative estimate of drug-likeness (QED) is 0.672. The molecule has 0 aliphatic carbocycles. The molecule has 2 amide bonds. The molecule has 0 unspecified atom stereocenters. The molecule has 3 aromatic rings. The summed E-state index contributed by atoms with van der Waals surface area (Å²) in [5.41, 5.74) is 4.44. The standard InChI is InChI=1S/C23H29N5O/c1-26(13-14-27-11-4-5-12-27)23(29)24-16-19-7-6-8-20(15-19)17-28-18-25-21-9-2-3-10-22(21)28/h2-3,6-10,15,18H,4-5,11-14,16-17H2,1H3,(H,24,29). The predicted molar refractivity (Wildman–Crippen MR) is 116 cm³/mol. The number of likely N-dealkylation sites (N-methyl/N-ethyl adjacent to an activating group) is 1. The molecule has 2 heterocycles. The Balaban J connectivity index is 1.31. The van der Waals surface area contributed by atoms with E-state index in [0.29, 0.717) is 6.54 Å². The van der Waals surface area contributed by atoms with Gasteiger partial charge in [0, 0.05) is 33.2 Å². The van der Waals surface area contributed by atoms with Crippen molar-refractivity contribution in [2.75, 3.05) is 33.2 Å². The lowest BCUT2D eigenvalue weighted by Crippen LogP contribution is -2.41. The maximum absolute atomic E-state index is 12.4. The van der Waals surface area contributed by atoms with Crippen molar-refractivity contribution in [2.45, 2.75) is 25.9 Å². The van der Waals surface area contributed by atoms with Gasteiger partial charge in [-0.1, -0.05) is 36.4 Å². The van der Waals surface area contributed by atoms with Gasteiger partial charge < -0.3 is 19.7 Å². The van der Waals surface area contributed by atoms with Crippen LogP contribution in [0.2, 0.25) is 0 Å². The van der Waals surface area contributed by atoms with Crippen molar-refractivity contribution in [1.29, 1.82) is 0 Å². The van der Waals surface area contributed by atoms with E-state index in [0.717, 1.165) is 49.3 Å². The molecule has 1 fully saturated rings. The highest BCUT2D eigenvalue weighted by Crippen LogP contribution is 2.15. The third-order valence-electron chi connectivity index (χ3n) is 5.61. The number of benzene rings is 2. The first kappa shape index (κ1) is 19.5. The van der Waals surface area contributed by atoms with Gasteiger partial charge in [-0.3, -0.25) is 0 Å². The first-order valence-electron chi connectivity index (χ1n) is 10.4. The third kappa shape index (κ3) is 4.95.